The third-order valence-corrected chi connectivity index (χ3v) is 4.40. The van der Waals surface area contributed by atoms with E-state index in [-0.39, 0.29) is 24.3 Å². The number of para-hydroxylation sites is 1. The molecular formula is C20H22N2O2. The molecule has 2 aromatic carbocycles. The number of fused-ring (bicyclic) bond motifs is 1. The Labute approximate surface area is 142 Å². The molecule has 4 heteroatoms. The zero-order valence-electron chi connectivity index (χ0n) is 14.0. The van der Waals surface area contributed by atoms with Gasteiger partial charge >= 0.3 is 0 Å². The molecule has 1 atom stereocenters. The average Bonchev–Trinajstić information content (AvgIpc) is 2.59. The first-order valence-electron chi connectivity index (χ1n) is 8.29. The minimum atomic E-state index is -0.416. The summed E-state index contributed by atoms with van der Waals surface area (Å²) in [6.45, 7) is 4.57. The van der Waals surface area contributed by atoms with E-state index in [1.54, 1.807) is 0 Å². The SMILES string of the molecule is CC(C)N(Cc1ccccc1)C(=O)C1CC(=O)Nc2ccccc21. The number of carbonyl (C=O) groups is 2. The maximum Gasteiger partial charge on any atom is 0.231 e. The van der Waals surface area contributed by atoms with E-state index in [0.717, 1.165) is 16.8 Å². The number of nitrogens with zero attached hydrogens (tertiary/aromatic N) is 1. The summed E-state index contributed by atoms with van der Waals surface area (Å²) in [5, 5.41) is 2.85. The zero-order valence-corrected chi connectivity index (χ0v) is 14.0. The van der Waals surface area contributed by atoms with Gasteiger partial charge in [0.1, 0.15) is 0 Å². The zero-order chi connectivity index (χ0) is 17.1. The van der Waals surface area contributed by atoms with Gasteiger partial charge < -0.3 is 10.2 Å². The van der Waals surface area contributed by atoms with Crippen molar-refractivity contribution in [3.63, 3.8) is 0 Å². The Morgan fingerprint density at radius 3 is 2.50 bits per heavy atom. The lowest BCUT2D eigenvalue weighted by molar-refractivity contribution is -0.137. The standard InChI is InChI=1S/C20H22N2O2/c1-14(2)22(13-15-8-4-3-5-9-15)20(24)17-12-19(23)21-18-11-7-6-10-16(17)18/h3-11,14,17H,12-13H2,1-2H3,(H,21,23). The highest BCUT2D eigenvalue weighted by atomic mass is 16.2. The summed E-state index contributed by atoms with van der Waals surface area (Å²) in [5.41, 5.74) is 2.74. The van der Waals surface area contributed by atoms with Crippen LogP contribution in [0.2, 0.25) is 0 Å². The van der Waals surface area contributed by atoms with Gasteiger partial charge in [-0.05, 0) is 31.0 Å². The van der Waals surface area contributed by atoms with Crippen molar-refractivity contribution < 1.29 is 9.59 Å². The molecule has 4 nitrogen and oxygen atoms in total. The van der Waals surface area contributed by atoms with Crippen molar-refractivity contribution in [3.05, 3.63) is 65.7 Å². The van der Waals surface area contributed by atoms with Gasteiger partial charge in [-0.25, -0.2) is 0 Å². The third-order valence-electron chi connectivity index (χ3n) is 4.40. The highest BCUT2D eigenvalue weighted by Gasteiger charge is 2.34. The van der Waals surface area contributed by atoms with E-state index in [1.807, 2.05) is 73.3 Å². The Bertz CT molecular complexity index is 740. The van der Waals surface area contributed by atoms with Crippen molar-refractivity contribution in [1.29, 1.82) is 0 Å². The van der Waals surface area contributed by atoms with E-state index in [4.69, 9.17) is 0 Å². The second-order valence-corrected chi connectivity index (χ2v) is 6.44. The molecule has 0 aromatic heterocycles. The van der Waals surface area contributed by atoms with Crippen molar-refractivity contribution in [1.82, 2.24) is 4.90 Å². The van der Waals surface area contributed by atoms with Crippen LogP contribution < -0.4 is 5.32 Å². The lowest BCUT2D eigenvalue weighted by atomic mass is 9.89. The first kappa shape index (κ1) is 16.2. The summed E-state index contributed by atoms with van der Waals surface area (Å²) in [5.74, 6) is -0.507. The minimum Gasteiger partial charge on any atom is -0.335 e. The van der Waals surface area contributed by atoms with Crippen LogP contribution in [-0.2, 0) is 16.1 Å². The second-order valence-electron chi connectivity index (χ2n) is 6.44. The molecule has 24 heavy (non-hydrogen) atoms. The van der Waals surface area contributed by atoms with E-state index in [0.29, 0.717) is 6.54 Å². The van der Waals surface area contributed by atoms with Gasteiger partial charge in [-0.2, -0.15) is 0 Å². The molecule has 0 spiro atoms. The number of rotatable bonds is 4. The van der Waals surface area contributed by atoms with Gasteiger partial charge in [0.25, 0.3) is 0 Å². The fourth-order valence-corrected chi connectivity index (χ4v) is 3.13. The maximum absolute atomic E-state index is 13.2. The molecule has 1 aliphatic rings. The van der Waals surface area contributed by atoms with Crippen molar-refractivity contribution in [2.75, 3.05) is 5.32 Å². The van der Waals surface area contributed by atoms with Crippen LogP contribution in [0.3, 0.4) is 0 Å². The number of hydrogen-bond acceptors (Lipinski definition) is 2. The second kappa shape index (κ2) is 6.87. The normalized spacial score (nSPS) is 16.5. The number of amides is 2. The molecule has 124 valence electrons. The number of benzene rings is 2. The fourth-order valence-electron chi connectivity index (χ4n) is 3.13. The van der Waals surface area contributed by atoms with E-state index >= 15 is 0 Å². The first-order valence-corrected chi connectivity index (χ1v) is 8.29. The Morgan fingerprint density at radius 1 is 1.12 bits per heavy atom. The van der Waals surface area contributed by atoms with Gasteiger partial charge in [0.15, 0.2) is 0 Å². The number of hydrogen-bond donors (Lipinski definition) is 1. The molecule has 0 aliphatic carbocycles. The van der Waals surface area contributed by atoms with Crippen LogP contribution in [0.5, 0.6) is 0 Å². The van der Waals surface area contributed by atoms with Crippen LogP contribution in [0.4, 0.5) is 5.69 Å². The Morgan fingerprint density at radius 2 is 1.79 bits per heavy atom. The first-order chi connectivity index (χ1) is 11.6. The van der Waals surface area contributed by atoms with E-state index in [2.05, 4.69) is 5.32 Å². The topological polar surface area (TPSA) is 49.4 Å². The lowest BCUT2D eigenvalue weighted by Crippen LogP contribution is -2.41. The van der Waals surface area contributed by atoms with Crippen LogP contribution in [0.1, 0.15) is 37.3 Å². The molecule has 0 fully saturated rings. The fraction of sp³-hybridized carbons (Fsp3) is 0.300. The number of anilines is 1. The van der Waals surface area contributed by atoms with Gasteiger partial charge in [-0.1, -0.05) is 48.5 Å². The van der Waals surface area contributed by atoms with Crippen molar-refractivity contribution in [3.8, 4) is 0 Å². The predicted molar refractivity (Wildman–Crippen MR) is 94.6 cm³/mol. The average molecular weight is 322 g/mol. The predicted octanol–water partition coefficient (Wildman–Crippen LogP) is 3.55. The summed E-state index contributed by atoms with van der Waals surface area (Å²) in [6.07, 6.45) is 0.202. The van der Waals surface area contributed by atoms with Gasteiger partial charge in [0, 0.05) is 24.7 Å². The summed E-state index contributed by atoms with van der Waals surface area (Å²) in [6, 6.07) is 17.6. The van der Waals surface area contributed by atoms with Crippen molar-refractivity contribution >= 4 is 17.5 Å². The van der Waals surface area contributed by atoms with Crippen LogP contribution in [0, 0.1) is 0 Å². The summed E-state index contributed by atoms with van der Waals surface area (Å²) >= 11 is 0. The third kappa shape index (κ3) is 3.32. The number of carbonyl (C=O) groups excluding carboxylic acids is 2. The van der Waals surface area contributed by atoms with E-state index in [1.165, 1.54) is 0 Å². The van der Waals surface area contributed by atoms with Gasteiger partial charge in [0.05, 0.1) is 5.92 Å². The number of nitrogens with one attached hydrogen (secondary N) is 1. The Hall–Kier alpha value is -2.62. The van der Waals surface area contributed by atoms with Crippen LogP contribution in [0.25, 0.3) is 0 Å². The lowest BCUT2D eigenvalue weighted by Gasteiger charge is -2.33. The van der Waals surface area contributed by atoms with E-state index in [9.17, 15) is 9.59 Å². The summed E-state index contributed by atoms with van der Waals surface area (Å²) in [7, 11) is 0. The molecule has 0 bridgehead atoms. The Kier molecular flexibility index (Phi) is 4.65. The molecule has 1 aliphatic heterocycles. The monoisotopic (exact) mass is 322 g/mol. The van der Waals surface area contributed by atoms with Crippen LogP contribution in [0.15, 0.2) is 54.6 Å². The molecular weight excluding hydrogens is 300 g/mol. The molecule has 0 saturated carbocycles. The van der Waals surface area contributed by atoms with Gasteiger partial charge in [-0.3, -0.25) is 9.59 Å². The van der Waals surface area contributed by atoms with Crippen molar-refractivity contribution in [2.24, 2.45) is 0 Å². The molecule has 2 amide bonds. The maximum atomic E-state index is 13.2. The molecule has 0 saturated heterocycles. The van der Waals surface area contributed by atoms with Gasteiger partial charge in [-0.15, -0.1) is 0 Å². The quantitative estimate of drug-likeness (QED) is 0.936. The smallest absolute Gasteiger partial charge is 0.231 e. The molecule has 1 heterocycles. The molecule has 0 radical (unpaired) electrons. The van der Waals surface area contributed by atoms with Crippen molar-refractivity contribution in [2.45, 2.75) is 38.8 Å². The van der Waals surface area contributed by atoms with Crippen LogP contribution in [-0.4, -0.2) is 22.8 Å². The highest BCUT2D eigenvalue weighted by Crippen LogP contribution is 2.34. The highest BCUT2D eigenvalue weighted by molar-refractivity contribution is 6.01. The molecule has 2 aromatic rings. The minimum absolute atomic E-state index is 0.0103. The summed E-state index contributed by atoms with van der Waals surface area (Å²) in [4.78, 5) is 27.1. The Balaban J connectivity index is 1.89. The van der Waals surface area contributed by atoms with Crippen LogP contribution >= 0.6 is 0 Å². The summed E-state index contributed by atoms with van der Waals surface area (Å²) < 4.78 is 0. The molecule has 1 unspecified atom stereocenters. The van der Waals surface area contributed by atoms with E-state index < -0.39 is 5.92 Å². The molecule has 1 N–H and O–H groups in total. The van der Waals surface area contributed by atoms with Gasteiger partial charge in [0.2, 0.25) is 11.8 Å². The molecule has 3 rings (SSSR count). The largest absolute Gasteiger partial charge is 0.335 e.